The monoisotopic (exact) mass is 438 g/mol. The van der Waals surface area contributed by atoms with Gasteiger partial charge in [0.1, 0.15) is 5.57 Å². The van der Waals surface area contributed by atoms with Gasteiger partial charge in [-0.3, -0.25) is 0 Å². The van der Waals surface area contributed by atoms with E-state index in [4.69, 9.17) is 21.1 Å². The lowest BCUT2D eigenvalue weighted by atomic mass is 9.73. The minimum Gasteiger partial charge on any atom is -0.507 e. The Kier molecular flexibility index (Phi) is 4.91. The molecule has 0 unspecified atom stereocenters. The number of benzene rings is 2. The predicted molar refractivity (Wildman–Crippen MR) is 121 cm³/mol. The van der Waals surface area contributed by atoms with Gasteiger partial charge in [-0.05, 0) is 98.4 Å². The Labute approximate surface area is 187 Å². The van der Waals surface area contributed by atoms with Crippen molar-refractivity contribution in [1.29, 1.82) is 0 Å². The number of aryl methyl sites for hydroxylation is 2. The molecular weight excluding hydrogens is 412 g/mol. The van der Waals surface area contributed by atoms with Crippen molar-refractivity contribution in [3.63, 3.8) is 0 Å². The van der Waals surface area contributed by atoms with Gasteiger partial charge in [0.05, 0.1) is 5.60 Å². The predicted octanol–water partition coefficient (Wildman–Crippen LogP) is 6.31. The zero-order valence-corrected chi connectivity index (χ0v) is 18.7. The summed E-state index contributed by atoms with van der Waals surface area (Å²) in [6, 6.07) is 11.7. The molecule has 0 aromatic heterocycles. The SMILES string of the molecule is Cc1cc(C)c(-c2ccc(Cl)cc2)cc1C1=C(O)C2(CCC3(CCCO3)CC2)OC1=O. The molecule has 4 nitrogen and oxygen atoms in total. The summed E-state index contributed by atoms with van der Waals surface area (Å²) >= 11 is 6.05. The van der Waals surface area contributed by atoms with Gasteiger partial charge in [0, 0.05) is 11.6 Å². The van der Waals surface area contributed by atoms with Crippen LogP contribution in [0.15, 0.2) is 42.2 Å². The van der Waals surface area contributed by atoms with E-state index in [9.17, 15) is 9.90 Å². The van der Waals surface area contributed by atoms with Crippen molar-refractivity contribution in [2.75, 3.05) is 6.61 Å². The van der Waals surface area contributed by atoms with Crippen LogP contribution < -0.4 is 0 Å². The Morgan fingerprint density at radius 3 is 2.26 bits per heavy atom. The van der Waals surface area contributed by atoms with Crippen LogP contribution in [0.25, 0.3) is 16.7 Å². The van der Waals surface area contributed by atoms with Gasteiger partial charge < -0.3 is 14.6 Å². The average molecular weight is 439 g/mol. The van der Waals surface area contributed by atoms with Gasteiger partial charge in [0.25, 0.3) is 0 Å². The number of esters is 1. The summed E-state index contributed by atoms with van der Waals surface area (Å²) < 4.78 is 11.9. The standard InChI is InChI=1S/C26H27ClO4/c1-16-14-17(2)21(15-20(16)18-4-6-19(27)7-5-18)22-23(28)26(31-24(22)29)11-9-25(10-12-26)8-3-13-30-25/h4-7,14-15,28H,3,8-13H2,1-2H3. The van der Waals surface area contributed by atoms with E-state index in [1.807, 2.05) is 44.2 Å². The van der Waals surface area contributed by atoms with Crippen molar-refractivity contribution in [2.45, 2.75) is 63.6 Å². The van der Waals surface area contributed by atoms with Crippen molar-refractivity contribution >= 4 is 23.1 Å². The largest absolute Gasteiger partial charge is 0.507 e. The highest BCUT2D eigenvalue weighted by molar-refractivity contribution is 6.30. The molecule has 1 saturated heterocycles. The molecule has 2 aromatic carbocycles. The molecule has 2 aliphatic heterocycles. The summed E-state index contributed by atoms with van der Waals surface area (Å²) in [6.45, 7) is 4.82. The lowest BCUT2D eigenvalue weighted by molar-refractivity contribution is -0.156. The molecule has 5 heteroatoms. The molecular formula is C26H27ClO4. The fraction of sp³-hybridized carbons (Fsp3) is 0.423. The topological polar surface area (TPSA) is 55.8 Å². The maximum atomic E-state index is 13.0. The first kappa shape index (κ1) is 20.6. The van der Waals surface area contributed by atoms with Crippen LogP contribution in [0.5, 0.6) is 0 Å². The number of ether oxygens (including phenoxy) is 2. The molecule has 162 valence electrons. The van der Waals surface area contributed by atoms with Crippen molar-refractivity contribution < 1.29 is 19.4 Å². The van der Waals surface area contributed by atoms with Crippen molar-refractivity contribution in [3.8, 4) is 11.1 Å². The third-order valence-corrected chi connectivity index (χ3v) is 7.56. The summed E-state index contributed by atoms with van der Waals surface area (Å²) in [5, 5.41) is 12.0. The van der Waals surface area contributed by atoms with Crippen molar-refractivity contribution in [1.82, 2.24) is 0 Å². The molecule has 2 aromatic rings. The number of halogens is 1. The number of hydrogen-bond donors (Lipinski definition) is 1. The molecule has 1 N–H and O–H groups in total. The third kappa shape index (κ3) is 3.37. The molecule has 3 aliphatic rings. The van der Waals surface area contributed by atoms with Gasteiger partial charge in [-0.1, -0.05) is 29.8 Å². The summed E-state index contributed by atoms with van der Waals surface area (Å²) in [5.74, 6) is -0.353. The molecule has 5 rings (SSSR count). The van der Waals surface area contributed by atoms with E-state index in [0.717, 1.165) is 60.1 Å². The van der Waals surface area contributed by atoms with Crippen LogP contribution in [-0.4, -0.2) is 28.9 Å². The first-order valence-electron chi connectivity index (χ1n) is 11.0. The van der Waals surface area contributed by atoms with Crippen molar-refractivity contribution in [2.24, 2.45) is 0 Å². The van der Waals surface area contributed by atoms with Crippen LogP contribution >= 0.6 is 11.6 Å². The van der Waals surface area contributed by atoms with E-state index < -0.39 is 11.6 Å². The third-order valence-electron chi connectivity index (χ3n) is 7.31. The molecule has 1 aliphatic carbocycles. The second-order valence-electron chi connectivity index (χ2n) is 9.23. The Morgan fingerprint density at radius 1 is 0.935 bits per heavy atom. The number of carbonyl (C=O) groups is 1. The number of carbonyl (C=O) groups excluding carboxylic acids is 1. The molecule has 1 saturated carbocycles. The summed E-state index contributed by atoms with van der Waals surface area (Å²) in [4.78, 5) is 13.0. The second kappa shape index (κ2) is 7.39. The molecule has 31 heavy (non-hydrogen) atoms. The highest BCUT2D eigenvalue weighted by Crippen LogP contribution is 2.51. The normalized spacial score (nSPS) is 28.0. The van der Waals surface area contributed by atoms with E-state index in [2.05, 4.69) is 6.07 Å². The maximum Gasteiger partial charge on any atom is 0.343 e. The highest BCUT2D eigenvalue weighted by atomic mass is 35.5. The molecule has 0 radical (unpaired) electrons. The van der Waals surface area contributed by atoms with Crippen LogP contribution in [0, 0.1) is 13.8 Å². The van der Waals surface area contributed by atoms with Gasteiger partial charge in [-0.15, -0.1) is 0 Å². The van der Waals surface area contributed by atoms with E-state index in [1.165, 1.54) is 0 Å². The number of rotatable bonds is 2. The van der Waals surface area contributed by atoms with Gasteiger partial charge in [-0.2, -0.15) is 0 Å². The van der Waals surface area contributed by atoms with Crippen LogP contribution in [0.3, 0.4) is 0 Å². The Balaban J connectivity index is 1.54. The van der Waals surface area contributed by atoms with Crippen LogP contribution in [0.4, 0.5) is 0 Å². The Morgan fingerprint density at radius 2 is 1.61 bits per heavy atom. The van der Waals surface area contributed by atoms with E-state index in [-0.39, 0.29) is 11.4 Å². The lowest BCUT2D eigenvalue weighted by Crippen LogP contribution is -2.44. The summed E-state index contributed by atoms with van der Waals surface area (Å²) in [7, 11) is 0. The van der Waals surface area contributed by atoms with Gasteiger partial charge in [-0.25, -0.2) is 4.79 Å². The zero-order chi connectivity index (χ0) is 21.8. The molecule has 2 fully saturated rings. The number of hydrogen-bond acceptors (Lipinski definition) is 4. The zero-order valence-electron chi connectivity index (χ0n) is 18.0. The van der Waals surface area contributed by atoms with E-state index in [0.29, 0.717) is 23.4 Å². The van der Waals surface area contributed by atoms with E-state index >= 15 is 0 Å². The van der Waals surface area contributed by atoms with Crippen LogP contribution in [-0.2, 0) is 14.3 Å². The first-order chi connectivity index (χ1) is 14.8. The van der Waals surface area contributed by atoms with Crippen LogP contribution in [0.1, 0.15) is 55.2 Å². The van der Waals surface area contributed by atoms with Crippen molar-refractivity contribution in [3.05, 3.63) is 63.9 Å². The number of aliphatic hydroxyl groups is 1. The first-order valence-corrected chi connectivity index (χ1v) is 11.4. The highest BCUT2D eigenvalue weighted by Gasteiger charge is 2.54. The lowest BCUT2D eigenvalue weighted by Gasteiger charge is -2.41. The van der Waals surface area contributed by atoms with Crippen LogP contribution in [0.2, 0.25) is 5.02 Å². The van der Waals surface area contributed by atoms with Gasteiger partial charge in [0.15, 0.2) is 11.4 Å². The minimum atomic E-state index is -0.915. The van der Waals surface area contributed by atoms with Gasteiger partial charge in [0.2, 0.25) is 0 Å². The summed E-state index contributed by atoms with van der Waals surface area (Å²) in [6.07, 6.45) is 4.94. The minimum absolute atomic E-state index is 0.0827. The Bertz CT molecular complexity index is 1070. The fourth-order valence-electron chi connectivity index (χ4n) is 5.50. The van der Waals surface area contributed by atoms with Gasteiger partial charge >= 0.3 is 5.97 Å². The van der Waals surface area contributed by atoms with E-state index in [1.54, 1.807) is 0 Å². The molecule has 0 atom stereocenters. The molecule has 2 heterocycles. The summed E-state index contributed by atoms with van der Waals surface area (Å²) in [5.41, 5.74) is 4.09. The molecule has 2 spiro atoms. The molecule has 0 amide bonds. The quantitative estimate of drug-likeness (QED) is 0.558. The second-order valence-corrected chi connectivity index (χ2v) is 9.67. The molecule has 0 bridgehead atoms. The number of aliphatic hydroxyl groups excluding tert-OH is 1. The Hall–Kier alpha value is -2.30. The maximum absolute atomic E-state index is 13.0. The average Bonchev–Trinajstić information content (AvgIpc) is 3.29. The fourth-order valence-corrected chi connectivity index (χ4v) is 5.62. The smallest absolute Gasteiger partial charge is 0.343 e.